The summed E-state index contributed by atoms with van der Waals surface area (Å²) in [6.45, 7) is 0. The van der Waals surface area contributed by atoms with Crippen LogP contribution in [0.4, 0.5) is 0 Å². The number of allylic oxidation sites excluding steroid dienone is 1. The molecule has 1 aliphatic rings. The van der Waals surface area contributed by atoms with E-state index in [4.69, 9.17) is 0 Å². The van der Waals surface area contributed by atoms with Gasteiger partial charge >= 0.3 is 0 Å². The summed E-state index contributed by atoms with van der Waals surface area (Å²) in [6.07, 6.45) is 1.60. The van der Waals surface area contributed by atoms with Crippen molar-refractivity contribution in [3.8, 4) is 0 Å². The monoisotopic (exact) mass is 249 g/mol. The van der Waals surface area contributed by atoms with E-state index in [1.54, 1.807) is 11.1 Å². The molecule has 0 saturated carbocycles. The molecule has 0 saturated heterocycles. The second-order valence-electron chi connectivity index (χ2n) is 2.94. The van der Waals surface area contributed by atoms with Crippen LogP contribution >= 0.6 is 15.9 Å². The van der Waals surface area contributed by atoms with Gasteiger partial charge in [0, 0.05) is 16.6 Å². The van der Waals surface area contributed by atoms with Gasteiger partial charge in [0.2, 0.25) is 5.91 Å². The highest BCUT2D eigenvalue weighted by atomic mass is 79.9. The molecule has 0 aromatic heterocycles. The van der Waals surface area contributed by atoms with Gasteiger partial charge in [-0.05, 0) is 5.56 Å². The van der Waals surface area contributed by atoms with Crippen LogP contribution in [0.5, 0.6) is 0 Å². The summed E-state index contributed by atoms with van der Waals surface area (Å²) in [7, 11) is 0. The number of halogens is 1. The minimum atomic E-state index is -0.0745. The first kappa shape index (κ1) is 9.21. The van der Waals surface area contributed by atoms with E-state index in [0.717, 1.165) is 16.8 Å². The van der Waals surface area contributed by atoms with E-state index in [1.807, 2.05) is 30.3 Å². The summed E-state index contributed by atoms with van der Waals surface area (Å²) in [5, 5.41) is 2.73. The summed E-state index contributed by atoms with van der Waals surface area (Å²) in [4.78, 5) is 12.9. The summed E-state index contributed by atoms with van der Waals surface area (Å²) in [5.41, 5.74) is 2.77. The number of rotatable bonds is 1. The quantitative estimate of drug-likeness (QED) is 0.814. The van der Waals surface area contributed by atoms with E-state index < -0.39 is 0 Å². The van der Waals surface area contributed by atoms with Crippen LogP contribution in [0.1, 0.15) is 5.56 Å². The Morgan fingerprint density at radius 2 is 1.93 bits per heavy atom. The van der Waals surface area contributed by atoms with E-state index in [1.165, 1.54) is 0 Å². The van der Waals surface area contributed by atoms with Crippen molar-refractivity contribution in [2.75, 3.05) is 0 Å². The second kappa shape index (κ2) is 3.80. The highest BCUT2D eigenvalue weighted by molar-refractivity contribution is 9.11. The molecule has 0 aliphatic carbocycles. The van der Waals surface area contributed by atoms with E-state index in [0.29, 0.717) is 0 Å². The first-order valence-electron chi connectivity index (χ1n) is 4.20. The molecular formula is C11H8BrNO. The smallest absolute Gasteiger partial charge is 0.249 e. The SMILES string of the molecule is O=C1C=C(c2ccccc2)/C(=C/Br)N1. The second-order valence-corrected chi connectivity index (χ2v) is 3.39. The third-order valence-electron chi connectivity index (χ3n) is 2.02. The number of nitrogens with one attached hydrogen (secondary N) is 1. The number of carbonyl (C=O) groups is 1. The molecule has 1 aromatic rings. The molecule has 1 amide bonds. The molecule has 2 nitrogen and oxygen atoms in total. The van der Waals surface area contributed by atoms with Crippen molar-refractivity contribution >= 4 is 27.4 Å². The summed E-state index contributed by atoms with van der Waals surface area (Å²) in [5.74, 6) is -0.0745. The number of hydrogen-bond acceptors (Lipinski definition) is 1. The summed E-state index contributed by atoms with van der Waals surface area (Å²) in [6, 6.07) is 9.80. The van der Waals surface area contributed by atoms with Crippen molar-refractivity contribution in [3.63, 3.8) is 0 Å². The summed E-state index contributed by atoms with van der Waals surface area (Å²) >= 11 is 3.22. The van der Waals surface area contributed by atoms with Crippen molar-refractivity contribution in [2.45, 2.75) is 0 Å². The van der Waals surface area contributed by atoms with Crippen LogP contribution in [0, 0.1) is 0 Å². The fourth-order valence-corrected chi connectivity index (χ4v) is 1.75. The predicted molar refractivity (Wildman–Crippen MR) is 59.6 cm³/mol. The maximum absolute atomic E-state index is 11.1. The lowest BCUT2D eigenvalue weighted by Crippen LogP contribution is -2.12. The summed E-state index contributed by atoms with van der Waals surface area (Å²) < 4.78 is 0. The zero-order valence-corrected chi connectivity index (χ0v) is 8.91. The third-order valence-corrected chi connectivity index (χ3v) is 2.48. The maximum Gasteiger partial charge on any atom is 0.249 e. The molecule has 70 valence electrons. The molecule has 0 spiro atoms. The average molecular weight is 250 g/mol. The van der Waals surface area contributed by atoms with Gasteiger partial charge in [0.1, 0.15) is 0 Å². The van der Waals surface area contributed by atoms with Crippen LogP contribution in [0.3, 0.4) is 0 Å². The van der Waals surface area contributed by atoms with Crippen molar-refractivity contribution in [1.82, 2.24) is 5.32 Å². The van der Waals surface area contributed by atoms with E-state index in [2.05, 4.69) is 21.2 Å². The average Bonchev–Trinajstić information content (AvgIpc) is 2.61. The largest absolute Gasteiger partial charge is 0.321 e. The zero-order chi connectivity index (χ0) is 9.97. The Morgan fingerprint density at radius 3 is 2.57 bits per heavy atom. The number of carbonyl (C=O) groups excluding carboxylic acids is 1. The Morgan fingerprint density at radius 1 is 1.21 bits per heavy atom. The highest BCUT2D eigenvalue weighted by Crippen LogP contribution is 2.25. The molecule has 1 N–H and O–H groups in total. The molecule has 0 radical (unpaired) electrons. The van der Waals surface area contributed by atoms with Crippen LogP contribution in [0.15, 0.2) is 47.1 Å². The van der Waals surface area contributed by atoms with Crippen LogP contribution in [0.2, 0.25) is 0 Å². The molecular weight excluding hydrogens is 242 g/mol. The molecule has 14 heavy (non-hydrogen) atoms. The highest BCUT2D eigenvalue weighted by Gasteiger charge is 2.17. The molecule has 3 heteroatoms. The fraction of sp³-hybridized carbons (Fsp3) is 0. The molecule has 1 aliphatic heterocycles. The molecule has 0 fully saturated rings. The zero-order valence-electron chi connectivity index (χ0n) is 7.33. The number of hydrogen-bond donors (Lipinski definition) is 1. The fourth-order valence-electron chi connectivity index (χ4n) is 1.39. The Labute approximate surface area is 90.5 Å². The van der Waals surface area contributed by atoms with Gasteiger partial charge in [-0.1, -0.05) is 46.3 Å². The standard InChI is InChI=1S/C11H8BrNO/c12-7-10-9(6-11(14)13-10)8-4-2-1-3-5-8/h1-7H,(H,13,14)/b10-7-. The maximum atomic E-state index is 11.1. The van der Waals surface area contributed by atoms with E-state index >= 15 is 0 Å². The van der Waals surface area contributed by atoms with Crippen molar-refractivity contribution < 1.29 is 4.79 Å². The van der Waals surface area contributed by atoms with Gasteiger partial charge in [-0.3, -0.25) is 4.79 Å². The van der Waals surface area contributed by atoms with Crippen LogP contribution in [-0.4, -0.2) is 5.91 Å². The first-order valence-corrected chi connectivity index (χ1v) is 5.11. The molecule has 0 atom stereocenters. The van der Waals surface area contributed by atoms with Crippen LogP contribution < -0.4 is 5.32 Å². The van der Waals surface area contributed by atoms with Crippen LogP contribution in [-0.2, 0) is 4.79 Å². The molecule has 0 bridgehead atoms. The molecule has 0 unspecified atom stereocenters. The van der Waals surface area contributed by atoms with Crippen molar-refractivity contribution in [2.24, 2.45) is 0 Å². The van der Waals surface area contributed by atoms with Gasteiger partial charge < -0.3 is 5.32 Å². The van der Waals surface area contributed by atoms with Crippen LogP contribution in [0.25, 0.3) is 5.57 Å². The van der Waals surface area contributed by atoms with Crippen molar-refractivity contribution in [3.05, 3.63) is 52.7 Å². The van der Waals surface area contributed by atoms with Gasteiger partial charge in [-0.15, -0.1) is 0 Å². The third kappa shape index (κ3) is 1.63. The van der Waals surface area contributed by atoms with E-state index in [9.17, 15) is 4.79 Å². The van der Waals surface area contributed by atoms with Gasteiger partial charge in [-0.2, -0.15) is 0 Å². The van der Waals surface area contributed by atoms with Gasteiger partial charge in [-0.25, -0.2) is 0 Å². The van der Waals surface area contributed by atoms with Crippen molar-refractivity contribution in [1.29, 1.82) is 0 Å². The lowest BCUT2D eigenvalue weighted by molar-refractivity contribution is -0.115. The van der Waals surface area contributed by atoms with Gasteiger partial charge in [0.25, 0.3) is 0 Å². The Balaban J connectivity index is 2.44. The predicted octanol–water partition coefficient (Wildman–Crippen LogP) is 2.44. The molecule has 1 heterocycles. The molecule has 2 rings (SSSR count). The van der Waals surface area contributed by atoms with Gasteiger partial charge in [0.15, 0.2) is 0 Å². The normalized spacial score (nSPS) is 18.2. The number of benzene rings is 1. The lowest BCUT2D eigenvalue weighted by atomic mass is 10.1. The molecule has 1 aromatic carbocycles. The Kier molecular flexibility index (Phi) is 2.50. The minimum Gasteiger partial charge on any atom is -0.321 e. The van der Waals surface area contributed by atoms with E-state index in [-0.39, 0.29) is 5.91 Å². The Bertz CT molecular complexity index is 420. The topological polar surface area (TPSA) is 29.1 Å². The van der Waals surface area contributed by atoms with Gasteiger partial charge in [0.05, 0.1) is 5.70 Å². The lowest BCUT2D eigenvalue weighted by Gasteiger charge is -2.03. The first-order chi connectivity index (χ1) is 6.81. The Hall–Kier alpha value is -1.35. The minimum absolute atomic E-state index is 0.0745. The number of amides is 1.